The fourth-order valence-corrected chi connectivity index (χ4v) is 3.64. The van der Waals surface area contributed by atoms with Gasteiger partial charge >= 0.3 is 0 Å². The van der Waals surface area contributed by atoms with Crippen LogP contribution in [-0.4, -0.2) is 25.6 Å². The first-order valence-corrected chi connectivity index (χ1v) is 10.5. The molecule has 6 nitrogen and oxygen atoms in total. The molecule has 0 bridgehead atoms. The molecule has 0 aliphatic carbocycles. The number of pyridine rings is 2. The molecule has 0 saturated carbocycles. The molecule has 0 atom stereocenters. The van der Waals surface area contributed by atoms with Gasteiger partial charge in [-0.25, -0.2) is 15.0 Å². The highest BCUT2D eigenvalue weighted by molar-refractivity contribution is 5.93. The van der Waals surface area contributed by atoms with Gasteiger partial charge in [0.05, 0.1) is 5.69 Å². The smallest absolute Gasteiger partial charge is 0.135 e. The Morgan fingerprint density at radius 3 is 2.62 bits per heavy atom. The van der Waals surface area contributed by atoms with Crippen LogP contribution < -0.4 is 5.32 Å². The minimum absolute atomic E-state index is 0.678. The Balaban J connectivity index is 1.32. The zero-order valence-corrected chi connectivity index (χ0v) is 17.7. The standard InChI is InChI=1S/C26H22N6/c1-18-2-5-21(8-10-29-18)20-6-3-19(4-7-20)13-32-26-24-16-31-25(12-22(24)9-11-30-26)23-14-27-17-28-15-23/h3-12,14-17H,2,13H2,1H3,(H,30,32). The van der Waals surface area contributed by atoms with Crippen molar-refractivity contribution in [1.82, 2.24) is 19.9 Å². The van der Waals surface area contributed by atoms with Crippen molar-refractivity contribution >= 4 is 27.9 Å². The molecule has 5 rings (SSSR count). The second kappa shape index (κ2) is 8.89. The van der Waals surface area contributed by atoms with Crippen molar-refractivity contribution in [1.29, 1.82) is 0 Å². The first-order chi connectivity index (χ1) is 15.8. The molecule has 1 aliphatic heterocycles. The summed E-state index contributed by atoms with van der Waals surface area (Å²) in [5.74, 6) is 0.817. The van der Waals surface area contributed by atoms with E-state index in [9.17, 15) is 0 Å². The van der Waals surface area contributed by atoms with E-state index in [2.05, 4.69) is 66.7 Å². The van der Waals surface area contributed by atoms with Crippen LogP contribution in [0.5, 0.6) is 0 Å². The molecule has 0 amide bonds. The SMILES string of the molecule is CC1=NC=CC(c2ccc(CNc3nccc4cc(-c5cncnc5)ncc34)cc2)=CC1. The lowest BCUT2D eigenvalue weighted by atomic mass is 10.0. The van der Waals surface area contributed by atoms with Gasteiger partial charge in [0.1, 0.15) is 12.1 Å². The first-order valence-electron chi connectivity index (χ1n) is 10.5. The van der Waals surface area contributed by atoms with E-state index >= 15 is 0 Å². The predicted molar refractivity (Wildman–Crippen MR) is 129 cm³/mol. The fraction of sp³-hybridized carbons (Fsp3) is 0.115. The lowest BCUT2D eigenvalue weighted by Crippen LogP contribution is -2.02. The van der Waals surface area contributed by atoms with Crippen molar-refractivity contribution in [3.63, 3.8) is 0 Å². The number of hydrogen-bond donors (Lipinski definition) is 1. The van der Waals surface area contributed by atoms with Gasteiger partial charge in [0, 0.05) is 60.6 Å². The number of aliphatic imine (C=N–C) groups is 1. The Labute approximate surface area is 186 Å². The molecule has 1 aromatic carbocycles. The van der Waals surface area contributed by atoms with Gasteiger partial charge in [0.25, 0.3) is 0 Å². The van der Waals surface area contributed by atoms with Gasteiger partial charge in [-0.05, 0) is 47.2 Å². The maximum absolute atomic E-state index is 4.59. The summed E-state index contributed by atoms with van der Waals surface area (Å²) in [6.07, 6.45) is 15.7. The fourth-order valence-electron chi connectivity index (χ4n) is 3.64. The molecule has 6 heteroatoms. The van der Waals surface area contributed by atoms with E-state index in [1.807, 2.05) is 37.7 Å². The van der Waals surface area contributed by atoms with E-state index in [1.54, 1.807) is 12.4 Å². The van der Waals surface area contributed by atoms with E-state index in [0.717, 1.165) is 40.0 Å². The minimum atomic E-state index is 0.678. The lowest BCUT2D eigenvalue weighted by Gasteiger charge is -2.10. The molecule has 0 radical (unpaired) electrons. The van der Waals surface area contributed by atoms with E-state index in [0.29, 0.717) is 6.54 Å². The van der Waals surface area contributed by atoms with Crippen LogP contribution in [0.3, 0.4) is 0 Å². The van der Waals surface area contributed by atoms with Gasteiger partial charge in [-0.1, -0.05) is 30.3 Å². The highest BCUT2D eigenvalue weighted by Crippen LogP contribution is 2.25. The zero-order chi connectivity index (χ0) is 21.8. The number of anilines is 1. The van der Waals surface area contributed by atoms with Gasteiger partial charge in [0.2, 0.25) is 0 Å². The molecule has 0 unspecified atom stereocenters. The Hall–Kier alpha value is -4.19. The van der Waals surface area contributed by atoms with E-state index in [-0.39, 0.29) is 0 Å². The van der Waals surface area contributed by atoms with Crippen LogP contribution >= 0.6 is 0 Å². The monoisotopic (exact) mass is 418 g/mol. The van der Waals surface area contributed by atoms with Crippen LogP contribution in [0.4, 0.5) is 5.82 Å². The number of aromatic nitrogens is 4. The topological polar surface area (TPSA) is 76.0 Å². The molecule has 0 spiro atoms. The summed E-state index contributed by atoms with van der Waals surface area (Å²) >= 11 is 0. The van der Waals surface area contributed by atoms with Crippen LogP contribution in [0.25, 0.3) is 27.6 Å². The number of nitrogens with zero attached hydrogens (tertiary/aromatic N) is 5. The zero-order valence-electron chi connectivity index (χ0n) is 17.7. The van der Waals surface area contributed by atoms with Crippen LogP contribution in [0.15, 0.2) is 90.9 Å². The molecule has 32 heavy (non-hydrogen) atoms. The van der Waals surface area contributed by atoms with Crippen molar-refractivity contribution in [2.75, 3.05) is 5.32 Å². The molecular formula is C26H22N6. The van der Waals surface area contributed by atoms with Gasteiger partial charge in [0.15, 0.2) is 0 Å². The van der Waals surface area contributed by atoms with E-state index in [1.165, 1.54) is 23.0 Å². The molecule has 4 aromatic rings. The Morgan fingerprint density at radius 2 is 1.78 bits per heavy atom. The molecule has 3 aromatic heterocycles. The number of fused-ring (bicyclic) bond motifs is 1. The predicted octanol–water partition coefficient (Wildman–Crippen LogP) is 5.46. The molecular weight excluding hydrogens is 396 g/mol. The summed E-state index contributed by atoms with van der Waals surface area (Å²) in [5.41, 5.74) is 6.43. The van der Waals surface area contributed by atoms with Crippen LogP contribution in [-0.2, 0) is 6.54 Å². The highest BCUT2D eigenvalue weighted by atomic mass is 15.0. The van der Waals surface area contributed by atoms with Crippen molar-refractivity contribution in [2.24, 2.45) is 4.99 Å². The van der Waals surface area contributed by atoms with Crippen LogP contribution in [0, 0.1) is 0 Å². The lowest BCUT2D eigenvalue weighted by molar-refractivity contribution is 1.12. The van der Waals surface area contributed by atoms with Crippen molar-refractivity contribution in [3.05, 3.63) is 97.0 Å². The number of allylic oxidation sites excluding steroid dienone is 3. The number of rotatable bonds is 5. The van der Waals surface area contributed by atoms with E-state index in [4.69, 9.17) is 0 Å². The Bertz CT molecular complexity index is 1340. The normalized spacial score (nSPS) is 13.4. The maximum Gasteiger partial charge on any atom is 0.135 e. The van der Waals surface area contributed by atoms with Gasteiger partial charge in [-0.2, -0.15) is 0 Å². The average molecular weight is 419 g/mol. The van der Waals surface area contributed by atoms with Crippen molar-refractivity contribution in [3.8, 4) is 11.3 Å². The highest BCUT2D eigenvalue weighted by Gasteiger charge is 2.07. The number of nitrogens with one attached hydrogen (secondary N) is 1. The largest absolute Gasteiger partial charge is 0.365 e. The van der Waals surface area contributed by atoms with Gasteiger partial charge in [-0.15, -0.1) is 0 Å². The second-order valence-electron chi connectivity index (χ2n) is 7.67. The second-order valence-corrected chi connectivity index (χ2v) is 7.67. The molecule has 0 fully saturated rings. The third-order valence-corrected chi connectivity index (χ3v) is 5.42. The summed E-state index contributed by atoms with van der Waals surface area (Å²) < 4.78 is 0. The van der Waals surface area contributed by atoms with Crippen molar-refractivity contribution in [2.45, 2.75) is 19.9 Å². The minimum Gasteiger partial charge on any atom is -0.365 e. The molecule has 1 N–H and O–H groups in total. The summed E-state index contributed by atoms with van der Waals surface area (Å²) in [6.45, 7) is 2.73. The third kappa shape index (κ3) is 4.30. The third-order valence-electron chi connectivity index (χ3n) is 5.42. The number of benzene rings is 1. The maximum atomic E-state index is 4.59. The quantitative estimate of drug-likeness (QED) is 0.466. The van der Waals surface area contributed by atoms with Gasteiger partial charge in [-0.3, -0.25) is 9.98 Å². The summed E-state index contributed by atoms with van der Waals surface area (Å²) in [7, 11) is 0. The summed E-state index contributed by atoms with van der Waals surface area (Å²) in [6, 6.07) is 12.6. The average Bonchev–Trinajstić information content (AvgIpc) is 3.07. The first kappa shape index (κ1) is 19.8. The Kier molecular flexibility index (Phi) is 5.49. The van der Waals surface area contributed by atoms with Crippen molar-refractivity contribution < 1.29 is 0 Å². The molecule has 0 saturated heterocycles. The van der Waals surface area contributed by atoms with Crippen LogP contribution in [0.2, 0.25) is 0 Å². The number of hydrogen-bond acceptors (Lipinski definition) is 6. The van der Waals surface area contributed by atoms with Crippen LogP contribution in [0.1, 0.15) is 24.5 Å². The summed E-state index contributed by atoms with van der Waals surface area (Å²) in [5, 5.41) is 5.50. The van der Waals surface area contributed by atoms with Gasteiger partial charge < -0.3 is 5.32 Å². The molecule has 1 aliphatic rings. The summed E-state index contributed by atoms with van der Waals surface area (Å²) in [4.78, 5) is 21.7. The molecule has 156 valence electrons. The van der Waals surface area contributed by atoms with E-state index < -0.39 is 0 Å². The Morgan fingerprint density at radius 1 is 0.938 bits per heavy atom. The molecule has 4 heterocycles.